The average molecular weight is 499 g/mol. The lowest BCUT2D eigenvalue weighted by atomic mass is 9.75. The quantitative estimate of drug-likeness (QED) is 0.418. The van der Waals surface area contributed by atoms with Crippen LogP contribution in [0.1, 0.15) is 47.2 Å². The fourth-order valence-corrected chi connectivity index (χ4v) is 6.19. The highest BCUT2D eigenvalue weighted by Gasteiger charge is 2.47. The summed E-state index contributed by atoms with van der Waals surface area (Å²) in [6.45, 7) is 3.62. The lowest BCUT2D eigenvalue weighted by Crippen LogP contribution is -2.43. The number of carbonyl (C=O) groups is 1. The normalized spacial score (nSPS) is 18.7. The van der Waals surface area contributed by atoms with Gasteiger partial charge in [-0.1, -0.05) is 11.8 Å². The molecule has 182 valence electrons. The number of H-pyrrole nitrogens is 1. The molecule has 9 nitrogen and oxygen atoms in total. The molecule has 1 saturated carbocycles. The number of Topliss-reactive ketones (excluding diaryl/α,β-unsaturated/α-hetero) is 1. The second-order valence-corrected chi connectivity index (χ2v) is 11.1. The number of nitrogens with zero attached hydrogens (tertiary/aromatic N) is 6. The molecule has 0 aromatic carbocycles. The number of hydrogen-bond donors (Lipinski definition) is 2. The summed E-state index contributed by atoms with van der Waals surface area (Å²) in [5.41, 5.74) is 4.03. The van der Waals surface area contributed by atoms with Crippen LogP contribution in [0.3, 0.4) is 0 Å². The Hall–Kier alpha value is -3.53. The number of pyridine rings is 2. The minimum Gasteiger partial charge on any atom is -0.367 e. The van der Waals surface area contributed by atoms with E-state index in [2.05, 4.69) is 37.1 Å². The van der Waals surface area contributed by atoms with Gasteiger partial charge >= 0.3 is 0 Å². The van der Waals surface area contributed by atoms with Crippen LogP contribution in [-0.2, 0) is 6.42 Å². The lowest BCUT2D eigenvalue weighted by Gasteiger charge is -2.37. The summed E-state index contributed by atoms with van der Waals surface area (Å²) < 4.78 is 0. The standard InChI is InChI=1S/C26H26N8OS/c1-15-19(5-9-28-22(15)30-17-2-3-17)36-20-14-29-23-24(31-20)33-25(32-23)34-10-6-26(7-11-34)12-16-13-27-8-4-18(16)21(26)35/h4-5,8-9,13-14,17H,2-3,6-7,10-12H2,1H3,(H,28,30)(H,29,31,32,33). The maximum Gasteiger partial charge on any atom is 0.206 e. The molecule has 0 bridgehead atoms. The van der Waals surface area contributed by atoms with Crippen LogP contribution in [0, 0.1) is 12.3 Å². The number of rotatable bonds is 5. The van der Waals surface area contributed by atoms with E-state index >= 15 is 0 Å². The van der Waals surface area contributed by atoms with Gasteiger partial charge in [0.05, 0.1) is 6.20 Å². The Balaban J connectivity index is 1.07. The van der Waals surface area contributed by atoms with E-state index < -0.39 is 0 Å². The zero-order valence-corrected chi connectivity index (χ0v) is 20.8. The number of nitrogens with one attached hydrogen (secondary N) is 2. The van der Waals surface area contributed by atoms with Crippen molar-refractivity contribution in [1.29, 1.82) is 0 Å². The van der Waals surface area contributed by atoms with E-state index in [0.717, 1.165) is 70.7 Å². The van der Waals surface area contributed by atoms with Crippen LogP contribution in [0.15, 0.2) is 46.8 Å². The molecule has 3 aliphatic rings. The summed E-state index contributed by atoms with van der Waals surface area (Å²) in [6, 6.07) is 4.44. The van der Waals surface area contributed by atoms with E-state index in [0.29, 0.717) is 17.3 Å². The SMILES string of the molecule is Cc1c(Sc2cnc3nc(N4CCC5(CC4)Cc4cnccc4C5=O)[nH]c3n2)ccnc1NC1CC1. The maximum absolute atomic E-state index is 13.1. The van der Waals surface area contributed by atoms with E-state index in [9.17, 15) is 4.79 Å². The molecule has 1 saturated heterocycles. The van der Waals surface area contributed by atoms with Crippen LogP contribution < -0.4 is 10.2 Å². The number of carbonyl (C=O) groups excluding carboxylic acids is 1. The zero-order valence-electron chi connectivity index (χ0n) is 20.0. The van der Waals surface area contributed by atoms with Crippen LogP contribution in [-0.4, -0.2) is 54.8 Å². The Bertz CT molecular complexity index is 1490. The van der Waals surface area contributed by atoms with E-state index in [4.69, 9.17) is 9.97 Å². The predicted molar refractivity (Wildman–Crippen MR) is 138 cm³/mol. The van der Waals surface area contributed by atoms with Crippen molar-refractivity contribution in [3.63, 3.8) is 0 Å². The molecule has 4 aromatic heterocycles. The van der Waals surface area contributed by atoms with Gasteiger partial charge in [-0.3, -0.25) is 9.78 Å². The Labute approximate surface area is 212 Å². The van der Waals surface area contributed by atoms with E-state index in [-0.39, 0.29) is 11.2 Å². The second kappa shape index (κ2) is 8.26. The van der Waals surface area contributed by atoms with Crippen LogP contribution in [0.2, 0.25) is 0 Å². The van der Waals surface area contributed by atoms with Gasteiger partial charge in [0.1, 0.15) is 10.8 Å². The van der Waals surface area contributed by atoms with E-state index in [1.165, 1.54) is 12.8 Å². The lowest BCUT2D eigenvalue weighted by molar-refractivity contribution is 0.0774. The number of anilines is 2. The number of ketones is 1. The second-order valence-electron chi connectivity index (χ2n) is 10.1. The maximum atomic E-state index is 13.1. The summed E-state index contributed by atoms with van der Waals surface area (Å²) >= 11 is 1.58. The first-order chi connectivity index (χ1) is 17.6. The number of aromatic amines is 1. The molecule has 2 aliphatic carbocycles. The van der Waals surface area contributed by atoms with Gasteiger partial charge in [-0.2, -0.15) is 4.98 Å². The molecule has 4 aromatic rings. The number of fused-ring (bicyclic) bond motifs is 2. The van der Waals surface area contributed by atoms with Crippen molar-refractivity contribution in [1.82, 2.24) is 29.9 Å². The third-order valence-electron chi connectivity index (χ3n) is 7.64. The molecule has 5 heterocycles. The molecule has 36 heavy (non-hydrogen) atoms. The van der Waals surface area contributed by atoms with Crippen molar-refractivity contribution >= 4 is 40.6 Å². The van der Waals surface area contributed by atoms with Crippen LogP contribution in [0.25, 0.3) is 11.3 Å². The van der Waals surface area contributed by atoms with Crippen molar-refractivity contribution in [3.05, 3.63) is 53.6 Å². The van der Waals surface area contributed by atoms with Gasteiger partial charge in [0, 0.05) is 59.2 Å². The van der Waals surface area contributed by atoms with Crippen molar-refractivity contribution < 1.29 is 4.79 Å². The first-order valence-corrected chi connectivity index (χ1v) is 13.3. The molecular weight excluding hydrogens is 472 g/mol. The smallest absolute Gasteiger partial charge is 0.206 e. The molecule has 7 rings (SSSR count). The van der Waals surface area contributed by atoms with Crippen LogP contribution >= 0.6 is 11.8 Å². The molecule has 0 radical (unpaired) electrons. The fraction of sp³-hybridized carbons (Fsp3) is 0.385. The Kier molecular flexibility index (Phi) is 4.99. The van der Waals surface area contributed by atoms with E-state index in [1.54, 1.807) is 24.2 Å². The number of piperidine rings is 1. The molecule has 2 N–H and O–H groups in total. The monoisotopic (exact) mass is 498 g/mol. The molecule has 10 heteroatoms. The average Bonchev–Trinajstić information content (AvgIpc) is 3.55. The van der Waals surface area contributed by atoms with Crippen molar-refractivity contribution in [2.75, 3.05) is 23.3 Å². The fourth-order valence-electron chi connectivity index (χ4n) is 5.34. The van der Waals surface area contributed by atoms with Gasteiger partial charge in [-0.05, 0) is 56.7 Å². The summed E-state index contributed by atoms with van der Waals surface area (Å²) in [6.07, 6.45) is 12.0. The van der Waals surface area contributed by atoms with Crippen molar-refractivity contribution in [3.8, 4) is 0 Å². The largest absolute Gasteiger partial charge is 0.367 e. The van der Waals surface area contributed by atoms with Gasteiger partial charge in [0.25, 0.3) is 0 Å². The summed E-state index contributed by atoms with van der Waals surface area (Å²) in [4.78, 5) is 42.6. The van der Waals surface area contributed by atoms with Gasteiger partial charge in [-0.15, -0.1) is 0 Å². The first kappa shape index (κ1) is 21.7. The van der Waals surface area contributed by atoms with Gasteiger partial charge in [0.15, 0.2) is 17.1 Å². The van der Waals surface area contributed by atoms with E-state index in [1.807, 2.05) is 24.5 Å². The molecular formula is C26H26N8OS. The highest BCUT2D eigenvalue weighted by Crippen LogP contribution is 2.44. The van der Waals surface area contributed by atoms with Gasteiger partial charge < -0.3 is 15.2 Å². The van der Waals surface area contributed by atoms with Crippen molar-refractivity contribution in [2.45, 2.75) is 55.0 Å². The molecule has 1 aliphatic heterocycles. The summed E-state index contributed by atoms with van der Waals surface area (Å²) in [5, 5.41) is 4.31. The highest BCUT2D eigenvalue weighted by atomic mass is 32.2. The highest BCUT2D eigenvalue weighted by molar-refractivity contribution is 7.99. The Morgan fingerprint density at radius 3 is 2.78 bits per heavy atom. The number of imidazole rings is 1. The molecule has 0 atom stereocenters. The molecule has 2 fully saturated rings. The topological polar surface area (TPSA) is 113 Å². The van der Waals surface area contributed by atoms with Crippen molar-refractivity contribution in [2.24, 2.45) is 5.41 Å². The Morgan fingerprint density at radius 2 is 1.97 bits per heavy atom. The Morgan fingerprint density at radius 1 is 1.11 bits per heavy atom. The van der Waals surface area contributed by atoms with Crippen LogP contribution in [0.5, 0.6) is 0 Å². The minimum atomic E-state index is -0.302. The van der Waals surface area contributed by atoms with Gasteiger partial charge in [-0.25, -0.2) is 15.0 Å². The summed E-state index contributed by atoms with van der Waals surface area (Å²) in [5.74, 6) is 1.99. The summed E-state index contributed by atoms with van der Waals surface area (Å²) in [7, 11) is 0. The van der Waals surface area contributed by atoms with Crippen LogP contribution in [0.4, 0.5) is 11.8 Å². The molecule has 0 amide bonds. The number of aromatic nitrogens is 6. The molecule has 0 unspecified atom stereocenters. The molecule has 1 spiro atoms. The third kappa shape index (κ3) is 3.71. The first-order valence-electron chi connectivity index (χ1n) is 12.4. The third-order valence-corrected chi connectivity index (χ3v) is 8.71. The minimum absolute atomic E-state index is 0.274. The number of hydrogen-bond acceptors (Lipinski definition) is 9. The zero-order chi connectivity index (χ0) is 24.3. The predicted octanol–water partition coefficient (Wildman–Crippen LogP) is 4.20. The van der Waals surface area contributed by atoms with Gasteiger partial charge in [0.2, 0.25) is 5.95 Å².